The van der Waals surface area contributed by atoms with Gasteiger partial charge in [0.25, 0.3) is 17.7 Å². The summed E-state index contributed by atoms with van der Waals surface area (Å²) in [6.45, 7) is 4.29. The molecule has 2 aromatic carbocycles. The minimum atomic E-state index is -0.411. The van der Waals surface area contributed by atoms with Gasteiger partial charge in [-0.3, -0.25) is 19.3 Å². The largest absolute Gasteiger partial charge is 0.332 e. The molecule has 2 aliphatic rings. The molecule has 0 unspecified atom stereocenters. The Hall–Kier alpha value is -3.28. The van der Waals surface area contributed by atoms with Gasteiger partial charge in [-0.25, -0.2) is 4.39 Å². The molecule has 142 valence electrons. The molecule has 2 aromatic rings. The van der Waals surface area contributed by atoms with Crippen LogP contribution in [0.15, 0.2) is 55.1 Å². The number of fused-ring (bicyclic) bond motifs is 1. The molecule has 2 aliphatic heterocycles. The van der Waals surface area contributed by atoms with E-state index in [0.29, 0.717) is 17.7 Å². The van der Waals surface area contributed by atoms with Crippen LogP contribution in [0.2, 0.25) is 0 Å². The van der Waals surface area contributed by atoms with E-state index in [1.165, 1.54) is 30.3 Å². The SMILES string of the molecule is C=CCN1C(=O)c2ccc(C(=O)N3CCC[C@@H]3c3ccc(F)cc3)cc2C1=O. The lowest BCUT2D eigenvalue weighted by atomic mass is 10.0. The summed E-state index contributed by atoms with van der Waals surface area (Å²) in [6, 6.07) is 10.7. The van der Waals surface area contributed by atoms with Gasteiger partial charge in [-0.15, -0.1) is 6.58 Å². The van der Waals surface area contributed by atoms with Gasteiger partial charge in [0.15, 0.2) is 0 Å². The normalized spacial score (nSPS) is 18.5. The zero-order valence-corrected chi connectivity index (χ0v) is 15.2. The van der Waals surface area contributed by atoms with Crippen LogP contribution in [0.5, 0.6) is 0 Å². The molecule has 1 saturated heterocycles. The van der Waals surface area contributed by atoms with Gasteiger partial charge in [0.05, 0.1) is 17.2 Å². The Balaban J connectivity index is 1.62. The van der Waals surface area contributed by atoms with Crippen molar-refractivity contribution < 1.29 is 18.8 Å². The van der Waals surface area contributed by atoms with Crippen molar-refractivity contribution in [2.75, 3.05) is 13.1 Å². The van der Waals surface area contributed by atoms with Crippen LogP contribution in [0.4, 0.5) is 4.39 Å². The Kier molecular flexibility index (Phi) is 4.55. The molecular weight excluding hydrogens is 359 g/mol. The maximum atomic E-state index is 13.2. The number of hydrogen-bond acceptors (Lipinski definition) is 3. The third-order valence-corrected chi connectivity index (χ3v) is 5.30. The Labute approximate surface area is 162 Å². The number of likely N-dealkylation sites (tertiary alicyclic amines) is 1. The lowest BCUT2D eigenvalue weighted by Gasteiger charge is -2.25. The molecule has 0 N–H and O–H groups in total. The molecule has 0 aliphatic carbocycles. The van der Waals surface area contributed by atoms with Crippen molar-refractivity contribution in [1.82, 2.24) is 9.80 Å². The van der Waals surface area contributed by atoms with Gasteiger partial charge in [0.1, 0.15) is 5.82 Å². The highest BCUT2D eigenvalue weighted by molar-refractivity contribution is 6.22. The van der Waals surface area contributed by atoms with E-state index in [4.69, 9.17) is 0 Å². The summed E-state index contributed by atoms with van der Waals surface area (Å²) in [7, 11) is 0. The average molecular weight is 378 g/mol. The number of carbonyl (C=O) groups is 3. The van der Waals surface area contributed by atoms with Crippen molar-refractivity contribution in [3.8, 4) is 0 Å². The van der Waals surface area contributed by atoms with Crippen LogP contribution in [0.1, 0.15) is 55.5 Å². The summed E-state index contributed by atoms with van der Waals surface area (Å²) in [5.74, 6) is -1.29. The van der Waals surface area contributed by atoms with Gasteiger partial charge >= 0.3 is 0 Å². The molecule has 1 atom stereocenters. The summed E-state index contributed by atoms with van der Waals surface area (Å²) in [4.78, 5) is 40.8. The second kappa shape index (κ2) is 7.03. The van der Waals surface area contributed by atoms with Crippen molar-refractivity contribution in [3.05, 3.63) is 83.2 Å². The number of rotatable bonds is 4. The number of benzene rings is 2. The van der Waals surface area contributed by atoms with Gasteiger partial charge in [-0.05, 0) is 48.7 Å². The summed E-state index contributed by atoms with van der Waals surface area (Å²) in [5, 5.41) is 0. The van der Waals surface area contributed by atoms with Crippen molar-refractivity contribution in [1.29, 1.82) is 0 Å². The monoisotopic (exact) mass is 378 g/mol. The van der Waals surface area contributed by atoms with Crippen LogP contribution in [-0.4, -0.2) is 40.6 Å². The van der Waals surface area contributed by atoms with Gasteiger partial charge in [-0.1, -0.05) is 18.2 Å². The third kappa shape index (κ3) is 2.91. The second-order valence-corrected chi connectivity index (χ2v) is 6.98. The van der Waals surface area contributed by atoms with E-state index in [1.807, 2.05) is 0 Å². The Morgan fingerprint density at radius 1 is 1.11 bits per heavy atom. The smallest absolute Gasteiger partial charge is 0.261 e. The molecule has 0 spiro atoms. The number of hydrogen-bond donors (Lipinski definition) is 0. The first kappa shape index (κ1) is 18.1. The molecule has 1 fully saturated rings. The number of imide groups is 1. The third-order valence-electron chi connectivity index (χ3n) is 5.30. The predicted octanol–water partition coefficient (Wildman–Crippen LogP) is 3.59. The Bertz CT molecular complexity index is 984. The molecule has 0 radical (unpaired) electrons. The second-order valence-electron chi connectivity index (χ2n) is 6.98. The average Bonchev–Trinajstić information content (AvgIpc) is 3.28. The van der Waals surface area contributed by atoms with E-state index in [0.717, 1.165) is 23.3 Å². The van der Waals surface area contributed by atoms with Crippen molar-refractivity contribution >= 4 is 17.7 Å². The highest BCUT2D eigenvalue weighted by Gasteiger charge is 2.36. The Morgan fingerprint density at radius 3 is 2.54 bits per heavy atom. The first-order chi connectivity index (χ1) is 13.5. The number of carbonyl (C=O) groups excluding carboxylic acids is 3. The van der Waals surface area contributed by atoms with Crippen LogP contribution in [0.25, 0.3) is 0 Å². The van der Waals surface area contributed by atoms with Crippen molar-refractivity contribution in [2.24, 2.45) is 0 Å². The quantitative estimate of drug-likeness (QED) is 0.604. The van der Waals surface area contributed by atoms with E-state index in [9.17, 15) is 18.8 Å². The highest BCUT2D eigenvalue weighted by Crippen LogP contribution is 2.34. The molecule has 6 heteroatoms. The Morgan fingerprint density at radius 2 is 1.82 bits per heavy atom. The molecule has 0 aromatic heterocycles. The number of amides is 3. The fourth-order valence-corrected chi connectivity index (χ4v) is 3.93. The highest BCUT2D eigenvalue weighted by atomic mass is 19.1. The minimum Gasteiger partial charge on any atom is -0.332 e. The number of nitrogens with zero attached hydrogens (tertiary/aromatic N) is 2. The molecule has 5 nitrogen and oxygen atoms in total. The van der Waals surface area contributed by atoms with Crippen LogP contribution in [-0.2, 0) is 0 Å². The standard InChI is InChI=1S/C22H19FN2O3/c1-2-11-25-21(27)17-10-7-15(13-18(17)22(25)28)20(26)24-12-3-4-19(24)14-5-8-16(23)9-6-14/h2,5-10,13,19H,1,3-4,11-12H2/t19-/m1/s1. The molecule has 4 rings (SSSR count). The van der Waals surface area contributed by atoms with Crippen molar-refractivity contribution in [2.45, 2.75) is 18.9 Å². The zero-order valence-electron chi connectivity index (χ0n) is 15.2. The molecule has 28 heavy (non-hydrogen) atoms. The lowest BCUT2D eigenvalue weighted by molar-refractivity contribution is 0.0671. The fraction of sp³-hybridized carbons (Fsp3) is 0.227. The van der Waals surface area contributed by atoms with Crippen LogP contribution in [0, 0.1) is 5.82 Å². The number of halogens is 1. The first-order valence-corrected chi connectivity index (χ1v) is 9.19. The van der Waals surface area contributed by atoms with Gasteiger partial charge in [0.2, 0.25) is 0 Å². The van der Waals surface area contributed by atoms with Gasteiger partial charge in [0, 0.05) is 18.7 Å². The predicted molar refractivity (Wildman–Crippen MR) is 101 cm³/mol. The molecule has 0 saturated carbocycles. The first-order valence-electron chi connectivity index (χ1n) is 9.19. The molecule has 2 heterocycles. The van der Waals surface area contributed by atoms with Crippen molar-refractivity contribution in [3.63, 3.8) is 0 Å². The van der Waals surface area contributed by atoms with E-state index in [2.05, 4.69) is 6.58 Å². The maximum absolute atomic E-state index is 13.2. The lowest BCUT2D eigenvalue weighted by Crippen LogP contribution is -2.31. The minimum absolute atomic E-state index is 0.129. The zero-order chi connectivity index (χ0) is 19.8. The van der Waals surface area contributed by atoms with Gasteiger partial charge in [-0.2, -0.15) is 0 Å². The molecule has 0 bridgehead atoms. The van der Waals surface area contributed by atoms with E-state index >= 15 is 0 Å². The summed E-state index contributed by atoms with van der Waals surface area (Å²) < 4.78 is 13.2. The van der Waals surface area contributed by atoms with Crippen LogP contribution in [0.3, 0.4) is 0 Å². The summed E-state index contributed by atoms with van der Waals surface area (Å²) >= 11 is 0. The van der Waals surface area contributed by atoms with E-state index in [-0.39, 0.29) is 35.8 Å². The molecular formula is C22H19FN2O3. The fourth-order valence-electron chi connectivity index (χ4n) is 3.93. The van der Waals surface area contributed by atoms with E-state index < -0.39 is 5.91 Å². The summed E-state index contributed by atoms with van der Waals surface area (Å²) in [5.41, 5.74) is 1.81. The molecule has 3 amide bonds. The maximum Gasteiger partial charge on any atom is 0.261 e. The topological polar surface area (TPSA) is 57.7 Å². The summed E-state index contributed by atoms with van der Waals surface area (Å²) in [6.07, 6.45) is 3.14. The van der Waals surface area contributed by atoms with Crippen LogP contribution < -0.4 is 0 Å². The van der Waals surface area contributed by atoms with Crippen LogP contribution >= 0.6 is 0 Å². The van der Waals surface area contributed by atoms with Gasteiger partial charge < -0.3 is 4.90 Å². The van der Waals surface area contributed by atoms with E-state index in [1.54, 1.807) is 23.1 Å².